The first-order valence-electron chi connectivity index (χ1n) is 6.77. The predicted molar refractivity (Wildman–Crippen MR) is 65.6 cm³/mol. The molecule has 0 aliphatic heterocycles. The summed E-state index contributed by atoms with van der Waals surface area (Å²) >= 11 is 0. The maximum Gasteiger partial charge on any atom is 0.0211 e. The van der Waals surface area contributed by atoms with Crippen molar-refractivity contribution in [3.05, 3.63) is 34.9 Å². The van der Waals surface area contributed by atoms with E-state index in [0.717, 1.165) is 24.4 Å². The summed E-state index contributed by atoms with van der Waals surface area (Å²) in [6.45, 7) is 1.11. The van der Waals surface area contributed by atoms with Crippen molar-refractivity contribution in [2.45, 2.75) is 56.5 Å². The van der Waals surface area contributed by atoms with Crippen molar-refractivity contribution >= 4 is 0 Å². The van der Waals surface area contributed by atoms with Gasteiger partial charge in [-0.15, -0.1) is 0 Å². The van der Waals surface area contributed by atoms with Crippen LogP contribution in [0.2, 0.25) is 0 Å². The minimum atomic E-state index is 0.828. The van der Waals surface area contributed by atoms with Gasteiger partial charge in [0.25, 0.3) is 0 Å². The summed E-state index contributed by atoms with van der Waals surface area (Å²) in [4.78, 5) is 0. The van der Waals surface area contributed by atoms with Crippen molar-refractivity contribution in [3.63, 3.8) is 0 Å². The average Bonchev–Trinajstić information content (AvgIpc) is 2.92. The van der Waals surface area contributed by atoms with E-state index in [2.05, 4.69) is 23.5 Å². The summed E-state index contributed by atoms with van der Waals surface area (Å²) in [6, 6.07) is 7.81. The van der Waals surface area contributed by atoms with Crippen LogP contribution in [0.25, 0.3) is 0 Å². The van der Waals surface area contributed by atoms with E-state index in [1.807, 2.05) is 0 Å². The number of benzene rings is 1. The maximum absolute atomic E-state index is 3.66. The summed E-state index contributed by atoms with van der Waals surface area (Å²) in [5.41, 5.74) is 5.01. The molecule has 84 valence electrons. The third-order valence-corrected chi connectivity index (χ3v) is 4.67. The minimum Gasteiger partial charge on any atom is -0.310 e. The zero-order chi connectivity index (χ0) is 10.5. The van der Waals surface area contributed by atoms with Gasteiger partial charge in [0.15, 0.2) is 0 Å². The van der Waals surface area contributed by atoms with Crippen LogP contribution >= 0.6 is 0 Å². The van der Waals surface area contributed by atoms with E-state index in [4.69, 9.17) is 0 Å². The molecule has 1 heteroatoms. The molecule has 1 aromatic carbocycles. The van der Waals surface area contributed by atoms with Crippen molar-refractivity contribution in [3.8, 4) is 0 Å². The first-order valence-corrected chi connectivity index (χ1v) is 6.77. The third kappa shape index (κ3) is 1.34. The predicted octanol–water partition coefficient (Wildman–Crippen LogP) is 3.30. The number of hydrogen-bond donors (Lipinski definition) is 1. The van der Waals surface area contributed by atoms with Crippen molar-refractivity contribution in [1.29, 1.82) is 0 Å². The van der Waals surface area contributed by atoms with Gasteiger partial charge in [-0.05, 0) is 60.6 Å². The molecular weight excluding hydrogens is 194 g/mol. The fourth-order valence-electron chi connectivity index (χ4n) is 3.71. The Bertz CT molecular complexity index is 419. The Kier molecular flexibility index (Phi) is 1.92. The molecule has 3 aliphatic carbocycles. The number of nitrogens with one attached hydrogen (secondary N) is 1. The molecule has 0 spiro atoms. The molecule has 2 bridgehead atoms. The normalized spacial score (nSPS) is 30.8. The Labute approximate surface area is 97.2 Å². The van der Waals surface area contributed by atoms with Gasteiger partial charge in [-0.25, -0.2) is 0 Å². The molecule has 0 radical (unpaired) electrons. The van der Waals surface area contributed by atoms with Gasteiger partial charge in [-0.2, -0.15) is 0 Å². The van der Waals surface area contributed by atoms with E-state index < -0.39 is 0 Å². The first-order chi connectivity index (χ1) is 7.92. The molecule has 16 heavy (non-hydrogen) atoms. The largest absolute Gasteiger partial charge is 0.310 e. The number of rotatable bonds is 3. The Morgan fingerprint density at radius 1 is 1.06 bits per heavy atom. The topological polar surface area (TPSA) is 12.0 Å². The van der Waals surface area contributed by atoms with Crippen molar-refractivity contribution in [2.24, 2.45) is 0 Å². The Balaban J connectivity index is 1.66. The fraction of sp³-hybridized carbons (Fsp3) is 0.600. The molecule has 2 fully saturated rings. The van der Waals surface area contributed by atoms with Gasteiger partial charge in [0.1, 0.15) is 0 Å². The Morgan fingerprint density at radius 3 is 2.81 bits per heavy atom. The molecule has 2 atom stereocenters. The Hall–Kier alpha value is -0.820. The highest BCUT2D eigenvalue weighted by Gasteiger charge is 2.38. The molecule has 0 heterocycles. The van der Waals surface area contributed by atoms with Crippen molar-refractivity contribution in [2.75, 3.05) is 0 Å². The summed E-state index contributed by atoms with van der Waals surface area (Å²) in [7, 11) is 0. The lowest BCUT2D eigenvalue weighted by Gasteiger charge is -2.19. The van der Waals surface area contributed by atoms with Crippen LogP contribution in [0.15, 0.2) is 18.2 Å². The molecule has 2 saturated carbocycles. The van der Waals surface area contributed by atoms with Gasteiger partial charge in [0, 0.05) is 12.6 Å². The van der Waals surface area contributed by atoms with E-state index in [1.54, 1.807) is 16.7 Å². The van der Waals surface area contributed by atoms with Gasteiger partial charge >= 0.3 is 0 Å². The zero-order valence-corrected chi connectivity index (χ0v) is 9.71. The first kappa shape index (κ1) is 9.23. The average molecular weight is 213 g/mol. The monoisotopic (exact) mass is 213 g/mol. The van der Waals surface area contributed by atoms with Crippen LogP contribution in [-0.2, 0) is 6.54 Å². The highest BCUT2D eigenvalue weighted by molar-refractivity contribution is 5.46. The van der Waals surface area contributed by atoms with Crippen LogP contribution in [0, 0.1) is 0 Å². The highest BCUT2D eigenvalue weighted by atomic mass is 14.9. The lowest BCUT2D eigenvalue weighted by Crippen LogP contribution is -2.17. The van der Waals surface area contributed by atoms with E-state index >= 15 is 0 Å². The lowest BCUT2D eigenvalue weighted by atomic mass is 9.88. The van der Waals surface area contributed by atoms with Crippen LogP contribution < -0.4 is 5.32 Å². The molecule has 1 nitrogen and oxygen atoms in total. The van der Waals surface area contributed by atoms with Crippen LogP contribution in [0.3, 0.4) is 0 Å². The quantitative estimate of drug-likeness (QED) is 0.812. The Morgan fingerprint density at radius 2 is 1.94 bits per heavy atom. The fourth-order valence-corrected chi connectivity index (χ4v) is 3.71. The highest BCUT2D eigenvalue weighted by Crippen LogP contribution is 2.53. The smallest absolute Gasteiger partial charge is 0.0211 e. The van der Waals surface area contributed by atoms with Crippen LogP contribution in [0.4, 0.5) is 0 Å². The van der Waals surface area contributed by atoms with E-state index in [9.17, 15) is 0 Å². The maximum atomic E-state index is 3.66. The van der Waals surface area contributed by atoms with Gasteiger partial charge in [0.2, 0.25) is 0 Å². The van der Waals surface area contributed by atoms with Crippen LogP contribution in [-0.4, -0.2) is 6.04 Å². The second-order valence-electron chi connectivity index (χ2n) is 5.78. The number of fused-ring (bicyclic) bond motifs is 5. The molecule has 1 N–H and O–H groups in total. The second kappa shape index (κ2) is 3.33. The third-order valence-electron chi connectivity index (χ3n) is 4.67. The standard InChI is InChI=1S/C15H19N/c1-2-12(9-16-13-6-7-13)15-11-5-4-10(8-11)14(15)3-1/h1-3,10-11,13,16H,4-9H2/t10-,11+/m1/s1. The summed E-state index contributed by atoms with van der Waals surface area (Å²) in [5.74, 6) is 1.80. The van der Waals surface area contributed by atoms with Gasteiger partial charge < -0.3 is 5.32 Å². The molecule has 0 saturated heterocycles. The van der Waals surface area contributed by atoms with Gasteiger partial charge in [0.05, 0.1) is 0 Å². The molecular formula is C15H19N. The number of hydrogen-bond acceptors (Lipinski definition) is 1. The molecule has 0 unspecified atom stereocenters. The van der Waals surface area contributed by atoms with Gasteiger partial charge in [-0.3, -0.25) is 0 Å². The van der Waals surface area contributed by atoms with E-state index in [-0.39, 0.29) is 0 Å². The molecule has 0 aromatic heterocycles. The van der Waals surface area contributed by atoms with E-state index in [0.29, 0.717) is 0 Å². The second-order valence-corrected chi connectivity index (χ2v) is 5.78. The van der Waals surface area contributed by atoms with Crippen LogP contribution in [0.1, 0.15) is 60.6 Å². The zero-order valence-electron chi connectivity index (χ0n) is 9.71. The summed E-state index contributed by atoms with van der Waals surface area (Å²) < 4.78 is 0. The lowest BCUT2D eigenvalue weighted by molar-refractivity contribution is 0.660. The van der Waals surface area contributed by atoms with Crippen molar-refractivity contribution < 1.29 is 0 Å². The SMILES string of the molecule is c1cc(CNC2CC2)c2c(c1)[C@@H]1CC[C@H]2C1. The minimum absolute atomic E-state index is 0.828. The molecule has 1 aromatic rings. The molecule has 3 aliphatic rings. The van der Waals surface area contributed by atoms with Crippen molar-refractivity contribution in [1.82, 2.24) is 5.32 Å². The van der Waals surface area contributed by atoms with Crippen LogP contribution in [0.5, 0.6) is 0 Å². The molecule has 4 rings (SSSR count). The molecule has 0 amide bonds. The summed E-state index contributed by atoms with van der Waals surface area (Å²) in [5, 5.41) is 3.66. The summed E-state index contributed by atoms with van der Waals surface area (Å²) in [6.07, 6.45) is 7.10. The van der Waals surface area contributed by atoms with E-state index in [1.165, 1.54) is 32.1 Å². The van der Waals surface area contributed by atoms with Gasteiger partial charge in [-0.1, -0.05) is 18.2 Å².